The lowest BCUT2D eigenvalue weighted by Gasteiger charge is -2.20. The van der Waals surface area contributed by atoms with Gasteiger partial charge in [0.15, 0.2) is 5.78 Å². The van der Waals surface area contributed by atoms with Crippen molar-refractivity contribution in [3.63, 3.8) is 0 Å². The molecule has 29 heavy (non-hydrogen) atoms. The number of carbonyl (C=O) groups excluding carboxylic acids is 3. The molecule has 0 aliphatic rings. The first-order valence-electron chi connectivity index (χ1n) is 10.00. The summed E-state index contributed by atoms with van der Waals surface area (Å²) in [6.07, 6.45) is 0.937. The third-order valence-corrected chi connectivity index (χ3v) is 5.07. The summed E-state index contributed by atoms with van der Waals surface area (Å²) < 4.78 is 0. The summed E-state index contributed by atoms with van der Waals surface area (Å²) in [6.45, 7) is 5.47. The Labute approximate surface area is 170 Å². The standard InChI is InChI=1S/C23H19NO3.C2H6/c1-14(26)23(24-20(27)6-3-13-25)19-12-10-17-8-7-15-4-2-5-16-9-11-18(19)22(17)21(15)16;1-2/h2,4-5,7-13,23H,3,6H2,1H3,(H,24,27);1-2H3. The first-order chi connectivity index (χ1) is 14.1. The lowest BCUT2D eigenvalue weighted by Crippen LogP contribution is -2.32. The Balaban J connectivity index is 0.00000117. The van der Waals surface area contributed by atoms with Crippen molar-refractivity contribution in [1.82, 2.24) is 5.32 Å². The van der Waals surface area contributed by atoms with Crippen LogP contribution in [0.15, 0.2) is 54.6 Å². The molecule has 4 aromatic rings. The monoisotopic (exact) mass is 387 g/mol. The summed E-state index contributed by atoms with van der Waals surface area (Å²) in [5, 5.41) is 9.44. The number of benzene rings is 4. The second kappa shape index (κ2) is 8.82. The molecule has 0 saturated carbocycles. The van der Waals surface area contributed by atoms with E-state index in [-0.39, 0.29) is 24.5 Å². The molecule has 0 bridgehead atoms. The van der Waals surface area contributed by atoms with Crippen LogP contribution in [0.4, 0.5) is 0 Å². The molecule has 1 atom stereocenters. The maximum Gasteiger partial charge on any atom is 0.221 e. The van der Waals surface area contributed by atoms with E-state index < -0.39 is 6.04 Å². The van der Waals surface area contributed by atoms with E-state index in [9.17, 15) is 14.4 Å². The van der Waals surface area contributed by atoms with Crippen LogP contribution in [0.1, 0.15) is 45.2 Å². The highest BCUT2D eigenvalue weighted by atomic mass is 16.2. The predicted octanol–water partition coefficient (Wildman–Crippen LogP) is 5.34. The Morgan fingerprint density at radius 2 is 1.48 bits per heavy atom. The Hall–Kier alpha value is -3.27. The number of rotatable bonds is 6. The molecule has 1 amide bonds. The van der Waals surface area contributed by atoms with E-state index in [0.29, 0.717) is 6.29 Å². The summed E-state index contributed by atoms with van der Waals surface area (Å²) in [6, 6.07) is 17.6. The number of hydrogen-bond donors (Lipinski definition) is 1. The van der Waals surface area contributed by atoms with Gasteiger partial charge in [-0.05, 0) is 44.8 Å². The van der Waals surface area contributed by atoms with Crippen LogP contribution in [0, 0.1) is 0 Å². The fraction of sp³-hybridized carbons (Fsp3) is 0.240. The second-order valence-corrected chi connectivity index (χ2v) is 6.83. The summed E-state index contributed by atoms with van der Waals surface area (Å²) in [7, 11) is 0. The molecule has 0 heterocycles. The Morgan fingerprint density at radius 1 is 0.897 bits per heavy atom. The zero-order valence-corrected chi connectivity index (χ0v) is 17.0. The van der Waals surface area contributed by atoms with Gasteiger partial charge >= 0.3 is 0 Å². The largest absolute Gasteiger partial charge is 0.342 e. The summed E-state index contributed by atoms with van der Waals surface area (Å²) >= 11 is 0. The molecule has 0 radical (unpaired) electrons. The number of Topliss-reactive ketones (excluding diaryl/α,β-unsaturated/α-hetero) is 1. The fourth-order valence-electron chi connectivity index (χ4n) is 3.83. The molecule has 0 spiro atoms. The maximum absolute atomic E-state index is 12.3. The Morgan fingerprint density at radius 3 is 2.10 bits per heavy atom. The normalized spacial score (nSPS) is 11.8. The van der Waals surface area contributed by atoms with Crippen molar-refractivity contribution in [3.8, 4) is 0 Å². The zero-order chi connectivity index (χ0) is 21.0. The van der Waals surface area contributed by atoms with Crippen LogP contribution in [0.5, 0.6) is 0 Å². The van der Waals surface area contributed by atoms with Gasteiger partial charge in [0.2, 0.25) is 5.91 Å². The van der Waals surface area contributed by atoms with Gasteiger partial charge in [-0.1, -0.05) is 68.4 Å². The van der Waals surface area contributed by atoms with E-state index in [1.54, 1.807) is 0 Å². The minimum atomic E-state index is -0.728. The molecule has 4 nitrogen and oxygen atoms in total. The SMILES string of the molecule is CC.CC(=O)C(NC(=O)CCC=O)c1ccc2ccc3cccc4ccc1c2c34. The molecule has 4 heteroatoms. The van der Waals surface area contributed by atoms with Crippen LogP contribution >= 0.6 is 0 Å². The van der Waals surface area contributed by atoms with Crippen LogP contribution < -0.4 is 5.32 Å². The topological polar surface area (TPSA) is 63.2 Å². The van der Waals surface area contributed by atoms with E-state index in [2.05, 4.69) is 35.6 Å². The van der Waals surface area contributed by atoms with Crippen molar-refractivity contribution in [3.05, 3.63) is 60.2 Å². The average molecular weight is 387 g/mol. The lowest BCUT2D eigenvalue weighted by molar-refractivity contribution is -0.127. The highest BCUT2D eigenvalue weighted by molar-refractivity contribution is 6.23. The third kappa shape index (κ3) is 3.83. The molecule has 1 N–H and O–H groups in total. The van der Waals surface area contributed by atoms with Gasteiger partial charge in [-0.15, -0.1) is 0 Å². The van der Waals surface area contributed by atoms with Crippen LogP contribution in [-0.2, 0) is 14.4 Å². The van der Waals surface area contributed by atoms with Crippen molar-refractivity contribution in [2.24, 2.45) is 0 Å². The molecular formula is C25H25NO3. The van der Waals surface area contributed by atoms with Crippen molar-refractivity contribution >= 4 is 50.3 Å². The fourth-order valence-corrected chi connectivity index (χ4v) is 3.83. The number of ketones is 1. The first-order valence-corrected chi connectivity index (χ1v) is 10.00. The van der Waals surface area contributed by atoms with Gasteiger partial charge < -0.3 is 10.1 Å². The molecule has 0 aliphatic heterocycles. The van der Waals surface area contributed by atoms with Gasteiger partial charge in [-0.2, -0.15) is 0 Å². The number of amides is 1. The van der Waals surface area contributed by atoms with E-state index in [1.165, 1.54) is 12.3 Å². The van der Waals surface area contributed by atoms with Crippen molar-refractivity contribution in [1.29, 1.82) is 0 Å². The van der Waals surface area contributed by atoms with Crippen molar-refractivity contribution in [2.45, 2.75) is 39.7 Å². The molecule has 0 aromatic heterocycles. The van der Waals surface area contributed by atoms with Gasteiger partial charge in [0.05, 0.1) is 0 Å². The second-order valence-electron chi connectivity index (χ2n) is 6.83. The molecule has 4 aromatic carbocycles. The number of hydrogen-bond acceptors (Lipinski definition) is 3. The van der Waals surface area contributed by atoms with Crippen LogP contribution in [-0.4, -0.2) is 18.0 Å². The molecule has 0 saturated heterocycles. The lowest BCUT2D eigenvalue weighted by atomic mass is 9.89. The van der Waals surface area contributed by atoms with E-state index in [0.717, 1.165) is 32.5 Å². The zero-order valence-electron chi connectivity index (χ0n) is 17.0. The highest BCUT2D eigenvalue weighted by Crippen LogP contribution is 2.37. The van der Waals surface area contributed by atoms with Gasteiger partial charge in [0.25, 0.3) is 0 Å². The third-order valence-electron chi connectivity index (χ3n) is 5.07. The predicted molar refractivity (Wildman–Crippen MR) is 118 cm³/mol. The van der Waals surface area contributed by atoms with Gasteiger partial charge in [-0.25, -0.2) is 0 Å². The van der Waals surface area contributed by atoms with Crippen molar-refractivity contribution in [2.75, 3.05) is 0 Å². The van der Waals surface area contributed by atoms with Gasteiger partial charge in [-0.3, -0.25) is 9.59 Å². The summed E-state index contributed by atoms with van der Waals surface area (Å²) in [5.41, 5.74) is 0.785. The number of nitrogens with one attached hydrogen (secondary N) is 1. The average Bonchev–Trinajstić information content (AvgIpc) is 2.75. The highest BCUT2D eigenvalue weighted by Gasteiger charge is 2.22. The molecule has 0 aliphatic carbocycles. The summed E-state index contributed by atoms with van der Waals surface area (Å²) in [4.78, 5) is 35.0. The Bertz CT molecular complexity index is 1160. The van der Waals surface area contributed by atoms with Crippen molar-refractivity contribution < 1.29 is 14.4 Å². The maximum atomic E-state index is 12.3. The molecular weight excluding hydrogens is 362 g/mol. The first kappa shape index (κ1) is 20.5. The van der Waals surface area contributed by atoms with Gasteiger partial charge in [0.1, 0.15) is 12.3 Å². The molecule has 0 fully saturated rings. The molecule has 4 rings (SSSR count). The van der Waals surface area contributed by atoms with Crippen LogP contribution in [0.2, 0.25) is 0 Å². The number of aldehydes is 1. The van der Waals surface area contributed by atoms with Gasteiger partial charge in [0, 0.05) is 12.8 Å². The van der Waals surface area contributed by atoms with E-state index >= 15 is 0 Å². The number of carbonyl (C=O) groups is 3. The molecule has 148 valence electrons. The molecule has 1 unspecified atom stereocenters. The minimum absolute atomic E-state index is 0.0825. The quantitative estimate of drug-likeness (QED) is 0.359. The smallest absolute Gasteiger partial charge is 0.221 e. The summed E-state index contributed by atoms with van der Waals surface area (Å²) in [5.74, 6) is -0.433. The van der Waals surface area contributed by atoms with E-state index in [1.807, 2.05) is 38.1 Å². The van der Waals surface area contributed by atoms with Crippen LogP contribution in [0.3, 0.4) is 0 Å². The van der Waals surface area contributed by atoms with E-state index in [4.69, 9.17) is 0 Å². The minimum Gasteiger partial charge on any atom is -0.342 e. The Kier molecular flexibility index (Phi) is 6.23. The van der Waals surface area contributed by atoms with Crippen LogP contribution in [0.25, 0.3) is 32.3 Å².